The number of likely N-dealkylation sites (tertiary alicyclic amines) is 1. The molecule has 6 heteroatoms. The summed E-state index contributed by atoms with van der Waals surface area (Å²) in [6.45, 7) is 5.46. The maximum Gasteiger partial charge on any atom is 0.231 e. The average Bonchev–Trinajstić information content (AvgIpc) is 3.32. The van der Waals surface area contributed by atoms with E-state index in [1.807, 2.05) is 6.07 Å². The molecule has 4 heterocycles. The SMILES string of the molecule is COc1ccc2cc3[n+](cc2c1OCCCN1CCCCC1)CCc1cc2c(cc1-3)OCO2. The maximum absolute atomic E-state index is 6.35. The second-order valence-corrected chi connectivity index (χ2v) is 9.17. The van der Waals surface area contributed by atoms with E-state index >= 15 is 0 Å². The molecule has 1 fully saturated rings. The molecular formula is C27H31N2O4+. The van der Waals surface area contributed by atoms with Crippen LogP contribution >= 0.6 is 0 Å². The van der Waals surface area contributed by atoms with Crippen molar-refractivity contribution < 1.29 is 23.5 Å². The van der Waals surface area contributed by atoms with Crippen LogP contribution in [0.15, 0.2) is 36.5 Å². The fourth-order valence-electron chi connectivity index (χ4n) is 5.35. The van der Waals surface area contributed by atoms with E-state index in [0.29, 0.717) is 13.4 Å². The number of hydrogen-bond acceptors (Lipinski definition) is 5. The summed E-state index contributed by atoms with van der Waals surface area (Å²) in [5, 5.41) is 2.25. The molecule has 1 aromatic heterocycles. The van der Waals surface area contributed by atoms with E-state index in [1.165, 1.54) is 49.2 Å². The zero-order valence-corrected chi connectivity index (χ0v) is 19.3. The first-order valence-corrected chi connectivity index (χ1v) is 12.1. The number of piperidine rings is 1. The lowest BCUT2D eigenvalue weighted by Crippen LogP contribution is -2.40. The van der Waals surface area contributed by atoms with Crippen LogP contribution in [-0.4, -0.2) is 45.0 Å². The van der Waals surface area contributed by atoms with Crippen LogP contribution in [0.1, 0.15) is 31.2 Å². The van der Waals surface area contributed by atoms with Crippen molar-refractivity contribution in [2.75, 3.05) is 40.1 Å². The van der Waals surface area contributed by atoms with Crippen LogP contribution in [-0.2, 0) is 13.0 Å². The van der Waals surface area contributed by atoms with Gasteiger partial charge in [0.2, 0.25) is 12.5 Å². The van der Waals surface area contributed by atoms with Gasteiger partial charge in [0.05, 0.1) is 24.7 Å². The zero-order valence-electron chi connectivity index (χ0n) is 19.3. The highest BCUT2D eigenvalue weighted by molar-refractivity contribution is 5.91. The summed E-state index contributed by atoms with van der Waals surface area (Å²) in [7, 11) is 1.71. The molecule has 3 aliphatic rings. The van der Waals surface area contributed by atoms with E-state index in [0.717, 1.165) is 59.7 Å². The quantitative estimate of drug-likeness (QED) is 0.415. The molecule has 6 rings (SSSR count). The lowest BCUT2D eigenvalue weighted by atomic mass is 9.95. The fourth-order valence-corrected chi connectivity index (χ4v) is 5.35. The van der Waals surface area contributed by atoms with Crippen LogP contribution in [0.25, 0.3) is 22.0 Å². The number of ether oxygens (including phenoxy) is 4. The lowest BCUT2D eigenvalue weighted by Gasteiger charge is -2.26. The first-order valence-electron chi connectivity index (χ1n) is 12.1. The summed E-state index contributed by atoms with van der Waals surface area (Å²) in [6.07, 6.45) is 8.23. The third-order valence-electron chi connectivity index (χ3n) is 7.11. The minimum Gasteiger partial charge on any atom is -0.493 e. The van der Waals surface area contributed by atoms with Crippen molar-refractivity contribution in [2.24, 2.45) is 0 Å². The summed E-state index contributed by atoms with van der Waals surface area (Å²) >= 11 is 0. The Kier molecular flexibility index (Phi) is 5.46. The van der Waals surface area contributed by atoms with Crippen LogP contribution in [0, 0.1) is 0 Å². The van der Waals surface area contributed by atoms with Crippen molar-refractivity contribution in [3.8, 4) is 34.3 Å². The Balaban J connectivity index is 1.29. The van der Waals surface area contributed by atoms with Crippen molar-refractivity contribution in [3.63, 3.8) is 0 Å². The molecule has 0 spiro atoms. The molecule has 0 N–H and O–H groups in total. The third-order valence-corrected chi connectivity index (χ3v) is 7.11. The highest BCUT2D eigenvalue weighted by atomic mass is 16.7. The lowest BCUT2D eigenvalue weighted by molar-refractivity contribution is -0.686. The monoisotopic (exact) mass is 447 g/mol. The molecule has 0 saturated carbocycles. The molecule has 3 aromatic rings. The van der Waals surface area contributed by atoms with Gasteiger partial charge in [0.15, 0.2) is 35.7 Å². The maximum atomic E-state index is 6.35. The van der Waals surface area contributed by atoms with Gasteiger partial charge in [-0.3, -0.25) is 0 Å². The number of methoxy groups -OCH3 is 1. The summed E-state index contributed by atoms with van der Waals surface area (Å²) in [4.78, 5) is 2.56. The number of nitrogens with zero attached hydrogens (tertiary/aromatic N) is 2. The predicted octanol–water partition coefficient (Wildman–Crippen LogP) is 4.34. The van der Waals surface area contributed by atoms with Gasteiger partial charge in [-0.15, -0.1) is 0 Å². The molecule has 0 amide bonds. The first-order chi connectivity index (χ1) is 16.3. The average molecular weight is 448 g/mol. The molecule has 2 aromatic carbocycles. The number of benzene rings is 2. The molecule has 3 aliphatic heterocycles. The van der Waals surface area contributed by atoms with E-state index in [4.69, 9.17) is 18.9 Å². The van der Waals surface area contributed by atoms with Crippen LogP contribution in [0.4, 0.5) is 0 Å². The number of rotatable bonds is 6. The molecular weight excluding hydrogens is 416 g/mol. The van der Waals surface area contributed by atoms with Crippen LogP contribution in [0.2, 0.25) is 0 Å². The minimum atomic E-state index is 0.300. The minimum absolute atomic E-state index is 0.300. The van der Waals surface area contributed by atoms with E-state index < -0.39 is 0 Å². The van der Waals surface area contributed by atoms with Gasteiger partial charge in [0.1, 0.15) is 0 Å². The van der Waals surface area contributed by atoms with Gasteiger partial charge in [-0.1, -0.05) is 6.42 Å². The van der Waals surface area contributed by atoms with E-state index in [9.17, 15) is 0 Å². The van der Waals surface area contributed by atoms with E-state index in [1.54, 1.807) is 7.11 Å². The Hall–Kier alpha value is -2.99. The number of hydrogen-bond donors (Lipinski definition) is 0. The second kappa shape index (κ2) is 8.75. The molecule has 0 aliphatic carbocycles. The molecule has 33 heavy (non-hydrogen) atoms. The van der Waals surface area contributed by atoms with Crippen LogP contribution < -0.4 is 23.5 Å². The number of aryl methyl sites for hydroxylation is 2. The highest BCUT2D eigenvalue weighted by Gasteiger charge is 2.28. The van der Waals surface area contributed by atoms with Gasteiger partial charge in [-0.2, -0.15) is 4.57 Å². The van der Waals surface area contributed by atoms with Gasteiger partial charge < -0.3 is 23.8 Å². The Bertz CT molecular complexity index is 1190. The number of fused-ring (bicyclic) bond motifs is 5. The van der Waals surface area contributed by atoms with E-state index in [-0.39, 0.29) is 0 Å². The summed E-state index contributed by atoms with van der Waals surface area (Å²) in [5.41, 5.74) is 3.72. The van der Waals surface area contributed by atoms with Gasteiger partial charge in [-0.25, -0.2) is 0 Å². The summed E-state index contributed by atoms with van der Waals surface area (Å²) < 4.78 is 25.6. The molecule has 0 atom stereocenters. The summed E-state index contributed by atoms with van der Waals surface area (Å²) in [6, 6.07) is 10.7. The highest BCUT2D eigenvalue weighted by Crippen LogP contribution is 2.41. The molecule has 0 radical (unpaired) electrons. The van der Waals surface area contributed by atoms with Crippen molar-refractivity contribution in [2.45, 2.75) is 38.6 Å². The van der Waals surface area contributed by atoms with E-state index in [2.05, 4.69) is 39.9 Å². The normalized spacial score (nSPS) is 17.0. The van der Waals surface area contributed by atoms with Gasteiger partial charge >= 0.3 is 0 Å². The Morgan fingerprint density at radius 2 is 1.88 bits per heavy atom. The first kappa shape index (κ1) is 20.6. The Morgan fingerprint density at radius 3 is 2.73 bits per heavy atom. The Labute approximate surface area is 194 Å². The molecule has 0 unspecified atom stereocenters. The Morgan fingerprint density at radius 1 is 1.03 bits per heavy atom. The standard InChI is InChI=1S/C27H31N2O4/c1-30-24-7-6-19-14-23-21-16-26-25(32-18-33-26)15-20(21)8-12-29(23)17-22(19)27(24)31-13-5-11-28-9-3-2-4-10-28/h6-7,14-17H,2-5,8-13,18H2,1H3/q+1. The molecule has 6 nitrogen and oxygen atoms in total. The van der Waals surface area contributed by atoms with Crippen molar-refractivity contribution in [3.05, 3.63) is 42.1 Å². The van der Waals surface area contributed by atoms with Crippen molar-refractivity contribution in [1.29, 1.82) is 0 Å². The third kappa shape index (κ3) is 3.86. The largest absolute Gasteiger partial charge is 0.493 e. The second-order valence-electron chi connectivity index (χ2n) is 9.17. The number of aromatic nitrogens is 1. The van der Waals surface area contributed by atoms with Crippen LogP contribution in [0.3, 0.4) is 0 Å². The molecule has 0 bridgehead atoms. The van der Waals surface area contributed by atoms with Gasteiger partial charge in [-0.05, 0) is 67.6 Å². The predicted molar refractivity (Wildman–Crippen MR) is 126 cm³/mol. The van der Waals surface area contributed by atoms with Crippen LogP contribution in [0.5, 0.6) is 23.0 Å². The van der Waals surface area contributed by atoms with Crippen molar-refractivity contribution >= 4 is 10.8 Å². The van der Waals surface area contributed by atoms with Gasteiger partial charge in [0.25, 0.3) is 0 Å². The zero-order chi connectivity index (χ0) is 22.2. The number of pyridine rings is 1. The topological polar surface area (TPSA) is 44.0 Å². The van der Waals surface area contributed by atoms with Gasteiger partial charge in [0, 0.05) is 19.0 Å². The van der Waals surface area contributed by atoms with Crippen molar-refractivity contribution in [1.82, 2.24) is 4.90 Å². The fraction of sp³-hybridized carbons (Fsp3) is 0.444. The molecule has 1 saturated heterocycles. The molecule has 172 valence electrons. The summed E-state index contributed by atoms with van der Waals surface area (Å²) in [5.74, 6) is 3.32. The smallest absolute Gasteiger partial charge is 0.231 e.